The van der Waals surface area contributed by atoms with Crippen LogP contribution in [0.3, 0.4) is 0 Å². The number of thiazole rings is 1. The SMILES string of the molecule is CC(CSc1nc2ccccc2s1)CN1C(Br)=NC2C1C(=O)NC(=O)N2C. The van der Waals surface area contributed by atoms with E-state index in [2.05, 4.69) is 44.2 Å². The Labute approximate surface area is 173 Å². The zero-order chi connectivity index (χ0) is 19.1. The van der Waals surface area contributed by atoms with Crippen LogP contribution >= 0.6 is 39.0 Å². The molecule has 0 saturated carbocycles. The molecule has 1 aromatic carbocycles. The van der Waals surface area contributed by atoms with Crippen LogP contribution in [0.2, 0.25) is 0 Å². The molecular formula is C17H18BrN5O2S2. The molecule has 2 aliphatic heterocycles. The second-order valence-electron chi connectivity index (χ2n) is 6.68. The van der Waals surface area contributed by atoms with Crippen LogP contribution in [-0.2, 0) is 4.79 Å². The average Bonchev–Trinajstić information content (AvgIpc) is 3.19. The Kier molecular flexibility index (Phi) is 5.13. The minimum Gasteiger partial charge on any atom is -0.335 e. The lowest BCUT2D eigenvalue weighted by molar-refractivity contribution is -0.127. The topological polar surface area (TPSA) is 77.9 Å². The summed E-state index contributed by atoms with van der Waals surface area (Å²) in [5, 5.41) is 2.40. The quantitative estimate of drug-likeness (QED) is 0.540. The van der Waals surface area contributed by atoms with Crippen LogP contribution in [0.25, 0.3) is 10.2 Å². The number of halogens is 1. The van der Waals surface area contributed by atoms with Crippen LogP contribution in [-0.4, -0.2) is 63.0 Å². The highest BCUT2D eigenvalue weighted by Gasteiger charge is 2.48. The summed E-state index contributed by atoms with van der Waals surface area (Å²) in [6.07, 6.45) is -0.482. The number of thioether (sulfide) groups is 1. The largest absolute Gasteiger partial charge is 0.335 e. The third-order valence-electron chi connectivity index (χ3n) is 4.58. The summed E-state index contributed by atoms with van der Waals surface area (Å²) in [6, 6.07) is 7.23. The Morgan fingerprint density at radius 3 is 2.93 bits per heavy atom. The first-order chi connectivity index (χ1) is 12.9. The molecule has 1 aromatic heterocycles. The van der Waals surface area contributed by atoms with E-state index in [-0.39, 0.29) is 5.91 Å². The smallest absolute Gasteiger partial charge is 0.325 e. The molecule has 27 heavy (non-hydrogen) atoms. The fourth-order valence-electron chi connectivity index (χ4n) is 3.20. The van der Waals surface area contributed by atoms with Gasteiger partial charge in [-0.2, -0.15) is 0 Å². The minimum absolute atomic E-state index is 0.299. The Morgan fingerprint density at radius 2 is 2.15 bits per heavy atom. The first kappa shape index (κ1) is 18.7. The molecule has 3 atom stereocenters. The molecule has 10 heteroatoms. The molecule has 0 aliphatic carbocycles. The Morgan fingerprint density at radius 1 is 1.37 bits per heavy atom. The van der Waals surface area contributed by atoms with Crippen molar-refractivity contribution >= 4 is 65.9 Å². The van der Waals surface area contributed by atoms with Gasteiger partial charge in [-0.15, -0.1) is 11.3 Å². The third kappa shape index (κ3) is 3.57. The maximum Gasteiger partial charge on any atom is 0.325 e. The lowest BCUT2D eigenvalue weighted by atomic mass is 10.1. The van der Waals surface area contributed by atoms with Gasteiger partial charge in [0, 0.05) is 19.3 Å². The summed E-state index contributed by atoms with van der Waals surface area (Å²) in [5.74, 6) is 0.885. The van der Waals surface area contributed by atoms with Crippen molar-refractivity contribution in [3.8, 4) is 0 Å². The van der Waals surface area contributed by atoms with Gasteiger partial charge in [-0.3, -0.25) is 10.1 Å². The fraction of sp³-hybridized carbons (Fsp3) is 0.412. The number of urea groups is 1. The zero-order valence-corrected chi connectivity index (χ0v) is 18.0. The molecule has 0 bridgehead atoms. The third-order valence-corrected chi connectivity index (χ3v) is 7.75. The van der Waals surface area contributed by atoms with Gasteiger partial charge in [0.15, 0.2) is 21.3 Å². The van der Waals surface area contributed by atoms with Gasteiger partial charge in [0.25, 0.3) is 5.91 Å². The molecule has 3 unspecified atom stereocenters. The van der Waals surface area contributed by atoms with Gasteiger partial charge in [-0.05, 0) is 34.0 Å². The number of carbonyl (C=O) groups is 2. The maximum absolute atomic E-state index is 12.3. The summed E-state index contributed by atoms with van der Waals surface area (Å²) in [4.78, 5) is 36.7. The number of aliphatic imine (C=N–C) groups is 1. The highest BCUT2D eigenvalue weighted by molar-refractivity contribution is 9.18. The van der Waals surface area contributed by atoms with Gasteiger partial charge in [0.1, 0.15) is 0 Å². The molecule has 7 nitrogen and oxygen atoms in total. The number of likely N-dealkylation sites (N-methyl/N-ethyl adjacent to an activating group) is 1. The standard InChI is InChI=1S/C17H18BrN5O2S2/c1-9(8-26-17-19-10-5-3-4-6-11(10)27-17)7-23-12-13(20-15(23)18)22(2)16(25)21-14(12)24/h3-6,9,12-13H,7-8H2,1-2H3,(H,21,24,25). The zero-order valence-electron chi connectivity index (χ0n) is 14.8. The molecular weight excluding hydrogens is 450 g/mol. The van der Waals surface area contributed by atoms with E-state index in [4.69, 9.17) is 0 Å². The number of carbonyl (C=O) groups excluding carboxylic acids is 2. The van der Waals surface area contributed by atoms with Gasteiger partial charge >= 0.3 is 6.03 Å². The van der Waals surface area contributed by atoms with Crippen LogP contribution in [0.1, 0.15) is 6.92 Å². The number of hydrogen-bond donors (Lipinski definition) is 1. The van der Waals surface area contributed by atoms with E-state index in [9.17, 15) is 9.59 Å². The molecule has 4 rings (SSSR count). The summed E-state index contributed by atoms with van der Waals surface area (Å²) in [7, 11) is 1.65. The number of hydrogen-bond acceptors (Lipinski definition) is 7. The first-order valence-electron chi connectivity index (χ1n) is 8.50. The molecule has 1 N–H and O–H groups in total. The number of amidine groups is 1. The molecule has 0 spiro atoms. The predicted octanol–water partition coefficient (Wildman–Crippen LogP) is 2.97. The summed E-state index contributed by atoms with van der Waals surface area (Å²) >= 11 is 6.89. The van der Waals surface area contributed by atoms with E-state index in [1.165, 1.54) is 9.60 Å². The second-order valence-corrected chi connectivity index (χ2v) is 9.68. The van der Waals surface area contributed by atoms with E-state index in [1.54, 1.807) is 30.1 Å². The number of para-hydroxylation sites is 1. The second kappa shape index (κ2) is 7.40. The van der Waals surface area contributed by atoms with Crippen molar-refractivity contribution in [3.63, 3.8) is 0 Å². The monoisotopic (exact) mass is 467 g/mol. The van der Waals surface area contributed by atoms with Gasteiger partial charge in [-0.25, -0.2) is 14.8 Å². The number of benzene rings is 1. The van der Waals surface area contributed by atoms with Crippen molar-refractivity contribution in [2.45, 2.75) is 23.5 Å². The van der Waals surface area contributed by atoms with Crippen molar-refractivity contribution in [3.05, 3.63) is 24.3 Å². The van der Waals surface area contributed by atoms with E-state index in [0.29, 0.717) is 17.2 Å². The molecule has 1 fully saturated rings. The maximum atomic E-state index is 12.3. The van der Waals surface area contributed by atoms with Gasteiger partial charge < -0.3 is 9.80 Å². The molecule has 3 amide bonds. The van der Waals surface area contributed by atoms with Crippen LogP contribution < -0.4 is 5.32 Å². The van der Waals surface area contributed by atoms with Gasteiger partial charge in [0.2, 0.25) is 0 Å². The lowest BCUT2D eigenvalue weighted by Crippen LogP contribution is -2.63. The number of amides is 3. The van der Waals surface area contributed by atoms with Crippen LogP contribution in [0.5, 0.6) is 0 Å². The van der Waals surface area contributed by atoms with E-state index in [1.807, 2.05) is 23.1 Å². The van der Waals surface area contributed by atoms with E-state index in [0.717, 1.165) is 15.6 Å². The van der Waals surface area contributed by atoms with Crippen molar-refractivity contribution in [1.29, 1.82) is 0 Å². The van der Waals surface area contributed by atoms with Crippen molar-refractivity contribution in [2.75, 3.05) is 19.3 Å². The Bertz CT molecular complexity index is 900. The summed E-state index contributed by atoms with van der Waals surface area (Å²) in [6.45, 7) is 2.81. The number of imide groups is 1. The predicted molar refractivity (Wildman–Crippen MR) is 111 cm³/mol. The van der Waals surface area contributed by atoms with Crippen molar-refractivity contribution < 1.29 is 9.59 Å². The normalized spacial score (nSPS) is 23.4. The lowest BCUT2D eigenvalue weighted by Gasteiger charge is -2.36. The van der Waals surface area contributed by atoms with Gasteiger partial charge in [0.05, 0.1) is 10.2 Å². The van der Waals surface area contributed by atoms with Crippen molar-refractivity contribution in [1.82, 2.24) is 20.1 Å². The number of nitrogens with zero attached hydrogens (tertiary/aromatic N) is 4. The van der Waals surface area contributed by atoms with Crippen LogP contribution in [0.15, 0.2) is 33.6 Å². The number of fused-ring (bicyclic) bond motifs is 2. The van der Waals surface area contributed by atoms with E-state index < -0.39 is 18.2 Å². The molecule has 2 aliphatic rings. The van der Waals surface area contributed by atoms with E-state index >= 15 is 0 Å². The number of rotatable bonds is 5. The van der Waals surface area contributed by atoms with Crippen LogP contribution in [0, 0.1) is 5.92 Å². The average molecular weight is 468 g/mol. The number of nitrogens with one attached hydrogen (secondary N) is 1. The molecule has 2 aromatic rings. The molecule has 142 valence electrons. The highest BCUT2D eigenvalue weighted by atomic mass is 79.9. The van der Waals surface area contributed by atoms with Crippen LogP contribution in [0.4, 0.5) is 4.79 Å². The molecule has 0 radical (unpaired) electrons. The molecule has 1 saturated heterocycles. The Balaban J connectivity index is 1.40. The van der Waals surface area contributed by atoms with Crippen molar-refractivity contribution in [2.24, 2.45) is 10.9 Å². The summed E-state index contributed by atoms with van der Waals surface area (Å²) in [5.41, 5.74) is 1.03. The molecule has 3 heterocycles. The minimum atomic E-state index is -0.489. The first-order valence-corrected chi connectivity index (χ1v) is 11.1. The summed E-state index contributed by atoms with van der Waals surface area (Å²) < 4.78 is 2.86. The Hall–Kier alpha value is -1.65. The van der Waals surface area contributed by atoms with Gasteiger partial charge in [-0.1, -0.05) is 30.8 Å². The fourth-order valence-corrected chi connectivity index (χ4v) is 5.87. The number of aromatic nitrogens is 1. The highest BCUT2D eigenvalue weighted by Crippen LogP contribution is 2.32.